The van der Waals surface area contributed by atoms with E-state index in [2.05, 4.69) is 4.72 Å². The molecule has 8 heteroatoms. The number of aryl methyl sites for hydroxylation is 3. The molecule has 0 radical (unpaired) electrons. The van der Waals surface area contributed by atoms with Gasteiger partial charge in [0, 0.05) is 6.07 Å². The smallest absolute Gasteiger partial charge is 0.263 e. The van der Waals surface area contributed by atoms with Gasteiger partial charge in [-0.3, -0.25) is 9.52 Å². The summed E-state index contributed by atoms with van der Waals surface area (Å²) in [5.74, 6) is -0.434. The Balaban J connectivity index is 2.42. The van der Waals surface area contributed by atoms with Crippen LogP contribution in [0.25, 0.3) is 0 Å². The molecule has 0 atom stereocenters. The Morgan fingerprint density at radius 2 is 1.84 bits per heavy atom. The van der Waals surface area contributed by atoms with Gasteiger partial charge in [0.1, 0.15) is 10.6 Å². The third kappa shape index (κ3) is 4.64. The van der Waals surface area contributed by atoms with Gasteiger partial charge in [0.2, 0.25) is 0 Å². The van der Waals surface area contributed by atoms with E-state index >= 15 is 0 Å². The van der Waals surface area contributed by atoms with Crippen molar-refractivity contribution in [3.63, 3.8) is 0 Å². The number of halogens is 1. The van der Waals surface area contributed by atoms with Crippen molar-refractivity contribution in [3.05, 3.63) is 52.0 Å². The van der Waals surface area contributed by atoms with Gasteiger partial charge in [-0.05, 0) is 49.6 Å². The minimum atomic E-state index is -3.94. The zero-order chi connectivity index (χ0) is 18.8. The minimum absolute atomic E-state index is 0.0572. The van der Waals surface area contributed by atoms with Crippen LogP contribution in [0.1, 0.15) is 16.7 Å². The number of benzene rings is 2. The summed E-state index contributed by atoms with van der Waals surface area (Å²) in [5.41, 5.74) is 7.82. The molecule has 0 unspecified atom stereocenters. The number of nitrogens with one attached hydrogen (secondary N) is 1. The first-order valence-corrected chi connectivity index (χ1v) is 9.27. The van der Waals surface area contributed by atoms with Crippen LogP contribution in [-0.4, -0.2) is 20.9 Å². The number of carbonyl (C=O) groups excluding carboxylic acids is 1. The topological polar surface area (TPSA) is 98.5 Å². The standard InChI is InChI=1S/C17H19ClN2O4S/c1-10-4-5-11(2)14(6-10)20-25(22,23)16-8-15(24-9-17(19)21)12(3)7-13(16)18/h4-8,20H,9H2,1-3H3,(H2,19,21). The molecule has 25 heavy (non-hydrogen) atoms. The van der Waals surface area contributed by atoms with Gasteiger partial charge < -0.3 is 10.5 Å². The minimum Gasteiger partial charge on any atom is -0.483 e. The number of hydrogen-bond donors (Lipinski definition) is 2. The monoisotopic (exact) mass is 382 g/mol. The number of primary amides is 1. The van der Waals surface area contributed by atoms with Crippen LogP contribution in [0.3, 0.4) is 0 Å². The molecule has 2 rings (SSSR count). The summed E-state index contributed by atoms with van der Waals surface area (Å²) in [6.07, 6.45) is 0. The zero-order valence-corrected chi connectivity index (χ0v) is 15.7. The summed E-state index contributed by atoms with van der Waals surface area (Å²) >= 11 is 6.12. The van der Waals surface area contributed by atoms with Crippen molar-refractivity contribution >= 4 is 33.2 Å². The molecule has 0 heterocycles. The van der Waals surface area contributed by atoms with Crippen LogP contribution in [0.2, 0.25) is 5.02 Å². The quantitative estimate of drug-likeness (QED) is 0.802. The Kier molecular flexibility index (Phi) is 5.59. The summed E-state index contributed by atoms with van der Waals surface area (Å²) in [4.78, 5) is 10.7. The van der Waals surface area contributed by atoms with Gasteiger partial charge in [-0.1, -0.05) is 23.7 Å². The molecular formula is C17H19ClN2O4S. The SMILES string of the molecule is Cc1ccc(C)c(NS(=O)(=O)c2cc(OCC(N)=O)c(C)cc2Cl)c1. The average Bonchev–Trinajstić information content (AvgIpc) is 2.49. The van der Waals surface area contributed by atoms with Gasteiger partial charge in [-0.25, -0.2) is 8.42 Å². The van der Waals surface area contributed by atoms with Crippen molar-refractivity contribution in [2.45, 2.75) is 25.7 Å². The van der Waals surface area contributed by atoms with Crippen LogP contribution < -0.4 is 15.2 Å². The van der Waals surface area contributed by atoms with E-state index in [1.54, 1.807) is 19.9 Å². The van der Waals surface area contributed by atoms with E-state index in [9.17, 15) is 13.2 Å². The summed E-state index contributed by atoms with van der Waals surface area (Å²) in [5, 5.41) is 0.0572. The maximum Gasteiger partial charge on any atom is 0.263 e. The fraction of sp³-hybridized carbons (Fsp3) is 0.235. The molecule has 0 aromatic heterocycles. The fourth-order valence-corrected chi connectivity index (χ4v) is 3.91. The summed E-state index contributed by atoms with van der Waals surface area (Å²) in [7, 11) is -3.94. The second-order valence-corrected chi connectivity index (χ2v) is 7.79. The molecule has 1 amide bonds. The molecular weight excluding hydrogens is 364 g/mol. The predicted molar refractivity (Wildman–Crippen MR) is 97.6 cm³/mol. The van der Waals surface area contributed by atoms with Crippen molar-refractivity contribution < 1.29 is 17.9 Å². The third-order valence-corrected chi connectivity index (χ3v) is 5.36. The number of nitrogens with two attached hydrogens (primary N) is 1. The lowest BCUT2D eigenvalue weighted by Crippen LogP contribution is -2.20. The molecule has 0 bridgehead atoms. The van der Waals surface area contributed by atoms with E-state index in [0.29, 0.717) is 11.3 Å². The van der Waals surface area contributed by atoms with Gasteiger partial charge in [0.15, 0.2) is 6.61 Å². The third-order valence-electron chi connectivity index (χ3n) is 3.53. The van der Waals surface area contributed by atoms with Crippen LogP contribution in [0, 0.1) is 20.8 Å². The highest BCUT2D eigenvalue weighted by Crippen LogP contribution is 2.31. The lowest BCUT2D eigenvalue weighted by atomic mass is 10.1. The van der Waals surface area contributed by atoms with Crippen LogP contribution in [0.5, 0.6) is 5.75 Å². The number of anilines is 1. The fourth-order valence-electron chi connectivity index (χ4n) is 2.19. The largest absolute Gasteiger partial charge is 0.483 e. The van der Waals surface area contributed by atoms with Gasteiger partial charge in [0.25, 0.3) is 15.9 Å². The van der Waals surface area contributed by atoms with Crippen molar-refractivity contribution in [3.8, 4) is 5.75 Å². The molecule has 0 aliphatic heterocycles. The van der Waals surface area contributed by atoms with E-state index in [0.717, 1.165) is 11.1 Å². The molecule has 2 aromatic rings. The average molecular weight is 383 g/mol. The van der Waals surface area contributed by atoms with E-state index in [1.165, 1.54) is 12.1 Å². The number of hydrogen-bond acceptors (Lipinski definition) is 4. The van der Waals surface area contributed by atoms with Crippen molar-refractivity contribution in [2.75, 3.05) is 11.3 Å². The number of amides is 1. The van der Waals surface area contributed by atoms with E-state index in [1.807, 2.05) is 19.1 Å². The summed E-state index contributed by atoms with van der Waals surface area (Å²) in [6, 6.07) is 8.20. The molecule has 0 spiro atoms. The molecule has 0 fully saturated rings. The van der Waals surface area contributed by atoms with Gasteiger partial charge in [-0.15, -0.1) is 0 Å². The Hall–Kier alpha value is -2.25. The molecule has 0 aliphatic rings. The highest BCUT2D eigenvalue weighted by molar-refractivity contribution is 7.92. The molecule has 0 aliphatic carbocycles. The Morgan fingerprint density at radius 1 is 1.16 bits per heavy atom. The number of ether oxygens (including phenoxy) is 1. The molecule has 6 nitrogen and oxygen atoms in total. The van der Waals surface area contributed by atoms with Crippen molar-refractivity contribution in [1.82, 2.24) is 0 Å². The lowest BCUT2D eigenvalue weighted by Gasteiger charge is -2.15. The maximum absolute atomic E-state index is 12.7. The maximum atomic E-state index is 12.7. The highest BCUT2D eigenvalue weighted by atomic mass is 35.5. The summed E-state index contributed by atoms with van der Waals surface area (Å²) in [6.45, 7) is 5.00. The van der Waals surface area contributed by atoms with Crippen LogP contribution in [0.15, 0.2) is 35.2 Å². The van der Waals surface area contributed by atoms with Gasteiger partial charge in [0.05, 0.1) is 10.7 Å². The number of carbonyl (C=O) groups is 1. The normalized spacial score (nSPS) is 11.2. The van der Waals surface area contributed by atoms with E-state index in [4.69, 9.17) is 22.1 Å². The van der Waals surface area contributed by atoms with E-state index in [-0.39, 0.29) is 22.3 Å². The Bertz CT molecular complexity index is 926. The van der Waals surface area contributed by atoms with Gasteiger partial charge in [-0.2, -0.15) is 0 Å². The first-order chi connectivity index (χ1) is 11.6. The molecule has 2 aromatic carbocycles. The first kappa shape index (κ1) is 19.1. The molecule has 134 valence electrons. The molecule has 3 N–H and O–H groups in total. The van der Waals surface area contributed by atoms with Gasteiger partial charge >= 0.3 is 0 Å². The number of sulfonamides is 1. The van der Waals surface area contributed by atoms with Crippen molar-refractivity contribution in [2.24, 2.45) is 5.73 Å². The Labute approximate surface area is 152 Å². The second kappa shape index (κ2) is 7.33. The molecule has 0 saturated carbocycles. The van der Waals surface area contributed by atoms with Crippen LogP contribution in [0.4, 0.5) is 5.69 Å². The Morgan fingerprint density at radius 3 is 2.48 bits per heavy atom. The lowest BCUT2D eigenvalue weighted by molar-refractivity contribution is -0.119. The zero-order valence-electron chi connectivity index (χ0n) is 14.1. The van der Waals surface area contributed by atoms with Crippen LogP contribution >= 0.6 is 11.6 Å². The summed E-state index contributed by atoms with van der Waals surface area (Å²) < 4.78 is 33.3. The van der Waals surface area contributed by atoms with E-state index < -0.39 is 15.9 Å². The molecule has 0 saturated heterocycles. The number of rotatable bonds is 6. The highest BCUT2D eigenvalue weighted by Gasteiger charge is 2.21. The predicted octanol–water partition coefficient (Wildman–Crippen LogP) is 2.93. The van der Waals surface area contributed by atoms with Crippen molar-refractivity contribution in [1.29, 1.82) is 0 Å². The second-order valence-electron chi connectivity index (χ2n) is 5.73. The van der Waals surface area contributed by atoms with Crippen LogP contribution in [-0.2, 0) is 14.8 Å². The first-order valence-electron chi connectivity index (χ1n) is 7.41.